The molecule has 1 atom stereocenters. The topological polar surface area (TPSA) is 54.1 Å². The van der Waals surface area contributed by atoms with E-state index in [4.69, 9.17) is 10.5 Å². The first kappa shape index (κ1) is 14.0. The number of hydrogen-bond donors (Lipinski definition) is 0. The van der Waals surface area contributed by atoms with Gasteiger partial charge in [0.1, 0.15) is 0 Å². The van der Waals surface area contributed by atoms with E-state index in [9.17, 15) is 0 Å². The molecule has 4 heteroatoms. The Bertz CT molecular complexity index is 289. The second-order valence-corrected chi connectivity index (χ2v) is 4.71. The van der Waals surface area contributed by atoms with Gasteiger partial charge in [0.2, 0.25) is 0 Å². The lowest BCUT2D eigenvalue weighted by Gasteiger charge is -2.39. The molecule has 1 heterocycles. The summed E-state index contributed by atoms with van der Waals surface area (Å²) in [5.74, 6) is 0. The maximum absolute atomic E-state index is 8.52. The molecule has 0 radical (unpaired) electrons. The van der Waals surface area contributed by atoms with Crippen LogP contribution in [0.1, 0.15) is 32.6 Å². The molecule has 0 aromatic carbocycles. The maximum Gasteiger partial charge on any atom is 0.0622 e. The van der Waals surface area contributed by atoms with E-state index in [1.165, 1.54) is 0 Å². The molecule has 4 nitrogen and oxygen atoms in total. The highest BCUT2D eigenvalue weighted by Crippen LogP contribution is 2.11. The average Bonchev–Trinajstić information content (AvgIpc) is 2.32. The molecule has 17 heavy (non-hydrogen) atoms. The Hall–Kier alpha value is -1.10. The normalized spacial score (nSPS) is 21.9. The second-order valence-electron chi connectivity index (χ2n) is 4.71. The highest BCUT2D eigenvalue weighted by Gasteiger charge is 2.22. The minimum absolute atomic E-state index is 0.574. The molecule has 0 aromatic rings. The molecular weight excluding hydrogens is 212 g/mol. The Labute approximate surface area is 104 Å². The zero-order valence-corrected chi connectivity index (χ0v) is 10.7. The molecule has 1 aliphatic heterocycles. The zero-order chi connectivity index (χ0) is 12.5. The van der Waals surface area contributed by atoms with E-state index in [1.54, 1.807) is 0 Å². The van der Waals surface area contributed by atoms with Gasteiger partial charge in [-0.15, -0.1) is 0 Å². The summed E-state index contributed by atoms with van der Waals surface area (Å²) in [5.41, 5.74) is 0. The van der Waals surface area contributed by atoms with Crippen molar-refractivity contribution in [3.05, 3.63) is 0 Å². The van der Waals surface area contributed by atoms with Crippen LogP contribution >= 0.6 is 0 Å². The largest absolute Gasteiger partial charge is 0.300 e. The molecule has 0 N–H and O–H groups in total. The monoisotopic (exact) mass is 234 g/mol. The fraction of sp³-hybridized carbons (Fsp3) is 0.846. The minimum atomic E-state index is 0.574. The van der Waals surface area contributed by atoms with Gasteiger partial charge in [0.25, 0.3) is 0 Å². The molecule has 0 aliphatic carbocycles. The zero-order valence-electron chi connectivity index (χ0n) is 10.7. The van der Waals surface area contributed by atoms with Crippen molar-refractivity contribution in [2.45, 2.75) is 38.6 Å². The molecule has 0 aromatic heterocycles. The van der Waals surface area contributed by atoms with Gasteiger partial charge >= 0.3 is 0 Å². The summed E-state index contributed by atoms with van der Waals surface area (Å²) in [6.07, 6.45) is 3.29. The predicted molar refractivity (Wildman–Crippen MR) is 67.2 cm³/mol. The lowest BCUT2D eigenvalue weighted by atomic mass is 10.1. The molecule has 1 aliphatic rings. The molecule has 0 saturated carbocycles. The molecule has 1 saturated heterocycles. The smallest absolute Gasteiger partial charge is 0.0622 e. The van der Waals surface area contributed by atoms with E-state index < -0.39 is 0 Å². The first-order valence-electron chi connectivity index (χ1n) is 6.48. The van der Waals surface area contributed by atoms with Gasteiger partial charge in [-0.25, -0.2) is 0 Å². The fourth-order valence-corrected chi connectivity index (χ4v) is 2.35. The van der Waals surface area contributed by atoms with Crippen molar-refractivity contribution < 1.29 is 0 Å². The Morgan fingerprint density at radius 1 is 1.06 bits per heavy atom. The van der Waals surface area contributed by atoms with Gasteiger partial charge in [0.15, 0.2) is 0 Å². The number of rotatable bonds is 6. The summed E-state index contributed by atoms with van der Waals surface area (Å²) in [6, 6.07) is 4.97. The third-order valence-electron chi connectivity index (χ3n) is 3.35. The third kappa shape index (κ3) is 5.17. The molecule has 1 rings (SSSR count). The van der Waals surface area contributed by atoms with Gasteiger partial charge in [-0.2, -0.15) is 10.5 Å². The quantitative estimate of drug-likeness (QED) is 0.655. The van der Waals surface area contributed by atoms with E-state index in [0.29, 0.717) is 18.9 Å². The van der Waals surface area contributed by atoms with E-state index >= 15 is 0 Å². The van der Waals surface area contributed by atoms with E-state index in [1.807, 2.05) is 0 Å². The predicted octanol–water partition coefficient (Wildman–Crippen LogP) is 1.60. The highest BCUT2D eigenvalue weighted by atomic mass is 15.3. The van der Waals surface area contributed by atoms with E-state index in [2.05, 4.69) is 28.9 Å². The standard InChI is InChI=1S/C13H22N4/c1-13-12-16(8-4-2-6-14)10-11-17(13)9-5-3-7-15/h13H,2-5,8-12H2,1H3/t13-/m1/s1. The first-order chi connectivity index (χ1) is 8.27. The Balaban J connectivity index is 2.20. The second kappa shape index (κ2) is 8.06. The Morgan fingerprint density at radius 2 is 1.71 bits per heavy atom. The highest BCUT2D eigenvalue weighted by molar-refractivity contribution is 4.81. The van der Waals surface area contributed by atoms with Crippen molar-refractivity contribution in [3.8, 4) is 12.1 Å². The molecule has 1 fully saturated rings. The number of hydrogen-bond acceptors (Lipinski definition) is 4. The van der Waals surface area contributed by atoms with Crippen LogP contribution in [0.5, 0.6) is 0 Å². The average molecular weight is 234 g/mol. The fourth-order valence-electron chi connectivity index (χ4n) is 2.35. The van der Waals surface area contributed by atoms with Gasteiger partial charge in [-0.3, -0.25) is 4.90 Å². The summed E-state index contributed by atoms with van der Waals surface area (Å²) in [5, 5.41) is 17.0. The number of unbranched alkanes of at least 4 members (excludes halogenated alkanes) is 2. The van der Waals surface area contributed by atoms with Crippen LogP contribution < -0.4 is 0 Å². The van der Waals surface area contributed by atoms with Crippen LogP contribution in [0.4, 0.5) is 0 Å². The molecule has 0 spiro atoms. The van der Waals surface area contributed by atoms with Crippen LogP contribution in [-0.2, 0) is 0 Å². The number of nitriles is 2. The van der Waals surface area contributed by atoms with Crippen molar-refractivity contribution in [1.29, 1.82) is 10.5 Å². The van der Waals surface area contributed by atoms with Gasteiger partial charge in [-0.05, 0) is 32.9 Å². The Morgan fingerprint density at radius 3 is 2.29 bits per heavy atom. The Kier molecular flexibility index (Phi) is 6.62. The molecule has 0 bridgehead atoms. The van der Waals surface area contributed by atoms with Gasteiger partial charge in [0.05, 0.1) is 12.1 Å². The lowest BCUT2D eigenvalue weighted by Crippen LogP contribution is -2.52. The summed E-state index contributed by atoms with van der Waals surface area (Å²) < 4.78 is 0. The van der Waals surface area contributed by atoms with Crippen molar-refractivity contribution in [2.75, 3.05) is 32.7 Å². The van der Waals surface area contributed by atoms with Crippen LogP contribution in [0.25, 0.3) is 0 Å². The van der Waals surface area contributed by atoms with Crippen LogP contribution in [0.15, 0.2) is 0 Å². The first-order valence-corrected chi connectivity index (χ1v) is 6.48. The van der Waals surface area contributed by atoms with E-state index in [0.717, 1.165) is 45.6 Å². The lowest BCUT2D eigenvalue weighted by molar-refractivity contribution is 0.0825. The van der Waals surface area contributed by atoms with Crippen LogP contribution in [0, 0.1) is 22.7 Å². The van der Waals surface area contributed by atoms with Crippen LogP contribution in [0.2, 0.25) is 0 Å². The van der Waals surface area contributed by atoms with Crippen LogP contribution in [-0.4, -0.2) is 48.6 Å². The summed E-state index contributed by atoms with van der Waals surface area (Å²) in [4.78, 5) is 4.92. The molecule has 0 amide bonds. The van der Waals surface area contributed by atoms with Crippen molar-refractivity contribution in [3.63, 3.8) is 0 Å². The van der Waals surface area contributed by atoms with Crippen molar-refractivity contribution >= 4 is 0 Å². The minimum Gasteiger partial charge on any atom is -0.300 e. The van der Waals surface area contributed by atoms with Gasteiger partial charge in [-0.1, -0.05) is 0 Å². The van der Waals surface area contributed by atoms with Crippen molar-refractivity contribution in [1.82, 2.24) is 9.80 Å². The van der Waals surface area contributed by atoms with Gasteiger partial charge < -0.3 is 4.90 Å². The van der Waals surface area contributed by atoms with Gasteiger partial charge in [0, 0.05) is 38.5 Å². The van der Waals surface area contributed by atoms with E-state index in [-0.39, 0.29) is 0 Å². The van der Waals surface area contributed by atoms with Crippen molar-refractivity contribution in [2.24, 2.45) is 0 Å². The number of nitrogens with zero attached hydrogens (tertiary/aromatic N) is 4. The molecule has 0 unspecified atom stereocenters. The summed E-state index contributed by atoms with van der Waals surface area (Å²) in [7, 11) is 0. The summed E-state index contributed by atoms with van der Waals surface area (Å²) >= 11 is 0. The van der Waals surface area contributed by atoms with Crippen LogP contribution in [0.3, 0.4) is 0 Å². The number of piperazine rings is 1. The third-order valence-corrected chi connectivity index (χ3v) is 3.35. The SMILES string of the molecule is C[C@@H]1CN(CCCC#N)CCN1CCCC#N. The molecular formula is C13H22N4. The summed E-state index contributed by atoms with van der Waals surface area (Å²) in [6.45, 7) is 7.63. The maximum atomic E-state index is 8.52. The molecule has 94 valence electrons.